The number of hydrazone groups is 1. The zero-order chi connectivity index (χ0) is 17.6. The number of hydroxylamine groups is 2. The van der Waals surface area contributed by atoms with Gasteiger partial charge in [0.05, 0.1) is 6.61 Å². The van der Waals surface area contributed by atoms with Crippen molar-refractivity contribution in [2.24, 2.45) is 10.9 Å². The highest BCUT2D eigenvalue weighted by Crippen LogP contribution is 2.11. The van der Waals surface area contributed by atoms with Crippen LogP contribution in [0.3, 0.4) is 0 Å². The summed E-state index contributed by atoms with van der Waals surface area (Å²) < 4.78 is 10.2. The predicted molar refractivity (Wildman–Crippen MR) is 87.9 cm³/mol. The Bertz CT molecular complexity index is 429. The first-order chi connectivity index (χ1) is 9.89. The first-order valence-electron chi connectivity index (χ1n) is 6.83. The van der Waals surface area contributed by atoms with Gasteiger partial charge >= 0.3 is 12.2 Å². The average Bonchev–Trinajstić information content (AvgIpc) is 2.28. The lowest BCUT2D eigenvalue weighted by molar-refractivity contribution is -0.0974. The third-order valence-electron chi connectivity index (χ3n) is 1.74. The van der Waals surface area contributed by atoms with Gasteiger partial charge in [-0.25, -0.2) is 9.59 Å². The summed E-state index contributed by atoms with van der Waals surface area (Å²) in [5.74, 6) is 4.86. The maximum atomic E-state index is 12.1. The van der Waals surface area contributed by atoms with E-state index in [1.807, 2.05) is 0 Å². The van der Waals surface area contributed by atoms with E-state index in [2.05, 4.69) is 10.4 Å². The number of hydrogen-bond acceptors (Lipinski definition) is 7. The van der Waals surface area contributed by atoms with Crippen molar-refractivity contribution >= 4 is 30.6 Å². The Balaban J connectivity index is 0. The maximum absolute atomic E-state index is 12.1. The molecule has 3 N–H and O–H groups in total. The Labute approximate surface area is 142 Å². The Morgan fingerprint density at radius 2 is 1.57 bits per heavy atom. The van der Waals surface area contributed by atoms with E-state index in [1.165, 1.54) is 0 Å². The average molecular weight is 355 g/mol. The van der Waals surface area contributed by atoms with Gasteiger partial charge < -0.3 is 15.3 Å². The highest BCUT2D eigenvalue weighted by atomic mass is 35.5. The number of carbonyl (C=O) groups excluding carboxylic acids is 2. The molecule has 0 aromatic heterocycles. The van der Waals surface area contributed by atoms with Crippen LogP contribution in [0.2, 0.25) is 0 Å². The molecule has 2 amide bonds. The number of nitrogens with two attached hydrogens (primary N) is 1. The molecule has 0 aliphatic rings. The lowest BCUT2D eigenvalue weighted by Gasteiger charge is -2.27. The number of rotatable bonds is 2. The molecular weight excluding hydrogens is 328 g/mol. The van der Waals surface area contributed by atoms with Gasteiger partial charge in [0.15, 0.2) is 0 Å². The van der Waals surface area contributed by atoms with Crippen molar-refractivity contribution < 1.29 is 23.9 Å². The smallest absolute Gasteiger partial charge is 0.442 e. The van der Waals surface area contributed by atoms with E-state index in [1.54, 1.807) is 48.5 Å². The van der Waals surface area contributed by atoms with Gasteiger partial charge in [-0.2, -0.15) is 0 Å². The second kappa shape index (κ2) is 9.41. The van der Waals surface area contributed by atoms with Gasteiger partial charge in [-0.3, -0.25) is 10.2 Å². The van der Waals surface area contributed by atoms with E-state index in [9.17, 15) is 9.59 Å². The van der Waals surface area contributed by atoms with Crippen LogP contribution in [-0.4, -0.2) is 41.0 Å². The third kappa shape index (κ3) is 10.6. The standard InChI is InChI=1S/C13H26N4O5.ClH/c1-8-20-17(11(19)22-13(5,6)7)9(16-14)15-10(18)21-12(2,3)4;/h8,14H2,1-7H3,(H,15,16,18);1H. The van der Waals surface area contributed by atoms with Crippen LogP contribution in [0.25, 0.3) is 0 Å². The molecule has 0 saturated carbocycles. The Morgan fingerprint density at radius 3 is 1.91 bits per heavy atom. The normalized spacial score (nSPS) is 12.0. The Morgan fingerprint density at radius 1 is 1.09 bits per heavy atom. The number of nitrogens with zero attached hydrogens (tertiary/aromatic N) is 2. The zero-order valence-electron chi connectivity index (χ0n) is 14.6. The van der Waals surface area contributed by atoms with E-state index in [0.29, 0.717) is 5.06 Å². The second-order valence-electron chi connectivity index (χ2n) is 6.27. The van der Waals surface area contributed by atoms with Crippen molar-refractivity contribution in [2.45, 2.75) is 59.7 Å². The number of hydrogen-bond donors (Lipinski definition) is 2. The third-order valence-corrected chi connectivity index (χ3v) is 1.74. The molecule has 0 aliphatic carbocycles. The van der Waals surface area contributed by atoms with Gasteiger partial charge in [-0.1, -0.05) is 0 Å². The SMILES string of the molecule is CCON(C(=O)OC(C)(C)C)C(=NN)NC(=O)OC(C)(C)C.Cl. The number of ether oxygens (including phenoxy) is 2. The molecule has 10 heteroatoms. The minimum Gasteiger partial charge on any atom is -0.444 e. The van der Waals surface area contributed by atoms with Crippen LogP contribution in [0.4, 0.5) is 9.59 Å². The fourth-order valence-corrected chi connectivity index (χ4v) is 1.16. The lowest BCUT2D eigenvalue weighted by Crippen LogP contribution is -2.50. The van der Waals surface area contributed by atoms with Gasteiger partial charge in [-0.05, 0) is 48.5 Å². The summed E-state index contributed by atoms with van der Waals surface area (Å²) in [4.78, 5) is 28.9. The largest absolute Gasteiger partial charge is 0.444 e. The summed E-state index contributed by atoms with van der Waals surface area (Å²) in [5.41, 5.74) is -1.47. The summed E-state index contributed by atoms with van der Waals surface area (Å²) in [6.07, 6.45) is -1.69. The highest BCUT2D eigenvalue weighted by Gasteiger charge is 2.29. The molecule has 0 spiro atoms. The van der Waals surface area contributed by atoms with Gasteiger partial charge in [0, 0.05) is 0 Å². The van der Waals surface area contributed by atoms with Crippen LogP contribution in [0.15, 0.2) is 5.10 Å². The number of halogens is 1. The zero-order valence-corrected chi connectivity index (χ0v) is 15.4. The van der Waals surface area contributed by atoms with E-state index in [0.717, 1.165) is 0 Å². The van der Waals surface area contributed by atoms with Crippen molar-refractivity contribution in [3.63, 3.8) is 0 Å². The number of guanidine groups is 1. The van der Waals surface area contributed by atoms with E-state index in [4.69, 9.17) is 20.2 Å². The molecule has 0 unspecified atom stereocenters. The fourth-order valence-electron chi connectivity index (χ4n) is 1.16. The molecule has 23 heavy (non-hydrogen) atoms. The van der Waals surface area contributed by atoms with Crippen LogP contribution in [-0.2, 0) is 14.3 Å². The molecule has 136 valence electrons. The van der Waals surface area contributed by atoms with Gasteiger partial charge in [0.1, 0.15) is 11.2 Å². The topological polar surface area (TPSA) is 115 Å². The molecule has 0 rings (SSSR count). The predicted octanol–water partition coefficient (Wildman–Crippen LogP) is 2.35. The summed E-state index contributed by atoms with van der Waals surface area (Å²) in [5, 5.41) is 6.23. The summed E-state index contributed by atoms with van der Waals surface area (Å²) in [6, 6.07) is 0. The summed E-state index contributed by atoms with van der Waals surface area (Å²) >= 11 is 0. The molecule has 0 bridgehead atoms. The van der Waals surface area contributed by atoms with Crippen molar-refractivity contribution in [2.75, 3.05) is 6.61 Å². The quantitative estimate of drug-likeness (QED) is 0.340. The minimum atomic E-state index is -0.866. The second-order valence-corrected chi connectivity index (χ2v) is 6.27. The monoisotopic (exact) mass is 354 g/mol. The van der Waals surface area contributed by atoms with Crippen molar-refractivity contribution in [1.29, 1.82) is 0 Å². The van der Waals surface area contributed by atoms with Gasteiger partial charge in [0.2, 0.25) is 0 Å². The number of carbonyl (C=O) groups is 2. The molecule has 0 radical (unpaired) electrons. The Hall–Kier alpha value is -1.74. The Kier molecular flexibility index (Phi) is 9.63. The summed E-state index contributed by atoms with van der Waals surface area (Å²) in [6.45, 7) is 11.9. The molecule has 0 saturated heterocycles. The minimum absolute atomic E-state index is 0. The maximum Gasteiger partial charge on any atom is 0.442 e. The lowest BCUT2D eigenvalue weighted by atomic mass is 10.2. The first-order valence-corrected chi connectivity index (χ1v) is 6.83. The molecule has 0 aromatic carbocycles. The van der Waals surface area contributed by atoms with Crippen LogP contribution < -0.4 is 11.2 Å². The molecule has 0 aliphatic heterocycles. The molecule has 9 nitrogen and oxygen atoms in total. The van der Waals surface area contributed by atoms with Gasteiger partial charge in [-0.15, -0.1) is 22.6 Å². The summed E-state index contributed by atoms with van der Waals surface area (Å²) in [7, 11) is 0. The molecule has 0 atom stereocenters. The van der Waals surface area contributed by atoms with Crippen molar-refractivity contribution in [3.8, 4) is 0 Å². The van der Waals surface area contributed by atoms with Crippen LogP contribution >= 0.6 is 12.4 Å². The van der Waals surface area contributed by atoms with E-state index >= 15 is 0 Å². The number of amides is 2. The van der Waals surface area contributed by atoms with Gasteiger partial charge in [0.25, 0.3) is 5.96 Å². The van der Waals surface area contributed by atoms with E-state index in [-0.39, 0.29) is 25.0 Å². The van der Waals surface area contributed by atoms with Crippen LogP contribution in [0.5, 0.6) is 0 Å². The number of alkyl carbamates (subject to hydrolysis) is 1. The van der Waals surface area contributed by atoms with Crippen molar-refractivity contribution in [1.82, 2.24) is 10.4 Å². The van der Waals surface area contributed by atoms with Crippen LogP contribution in [0, 0.1) is 0 Å². The highest BCUT2D eigenvalue weighted by molar-refractivity contribution is 6.00. The molecule has 0 heterocycles. The molecular formula is C13H27ClN4O5. The van der Waals surface area contributed by atoms with Crippen molar-refractivity contribution in [3.05, 3.63) is 0 Å². The van der Waals surface area contributed by atoms with E-state index < -0.39 is 23.4 Å². The first kappa shape index (κ1) is 23.5. The fraction of sp³-hybridized carbons (Fsp3) is 0.769. The van der Waals surface area contributed by atoms with Crippen LogP contribution in [0.1, 0.15) is 48.5 Å². The molecule has 0 fully saturated rings. The number of nitrogens with one attached hydrogen (secondary N) is 1. The molecule has 0 aromatic rings.